The molecule has 1 saturated carbocycles. The zero-order chi connectivity index (χ0) is 15.5. The van der Waals surface area contributed by atoms with E-state index in [2.05, 4.69) is 10.6 Å². The zero-order valence-corrected chi connectivity index (χ0v) is 13.2. The fourth-order valence-corrected chi connectivity index (χ4v) is 2.58. The Kier molecular flexibility index (Phi) is 4.88. The van der Waals surface area contributed by atoms with Gasteiger partial charge in [-0.25, -0.2) is 0 Å². The molecule has 21 heavy (non-hydrogen) atoms. The van der Waals surface area contributed by atoms with Gasteiger partial charge in [0.25, 0.3) is 0 Å². The Morgan fingerprint density at radius 1 is 1.19 bits per heavy atom. The van der Waals surface area contributed by atoms with Gasteiger partial charge in [0.15, 0.2) is 0 Å². The summed E-state index contributed by atoms with van der Waals surface area (Å²) in [5.74, 6) is -0.561. The van der Waals surface area contributed by atoms with Crippen molar-refractivity contribution in [3.05, 3.63) is 29.3 Å². The van der Waals surface area contributed by atoms with E-state index in [0.717, 1.165) is 25.7 Å². The standard InChI is InChI=1S/C16H21ClN2O2/c1-16(2,14(20)18-12-7-3-4-8-12)15(21)19-13-9-5-6-11(17)10-13/h5-6,9-10,12H,3-4,7-8H2,1-2H3,(H,18,20)(H,19,21). The van der Waals surface area contributed by atoms with Gasteiger partial charge in [0.2, 0.25) is 11.8 Å². The lowest BCUT2D eigenvalue weighted by atomic mass is 9.90. The number of carbonyl (C=O) groups is 2. The maximum absolute atomic E-state index is 12.3. The molecule has 0 radical (unpaired) electrons. The first-order valence-electron chi connectivity index (χ1n) is 7.27. The van der Waals surface area contributed by atoms with Crippen LogP contribution < -0.4 is 10.6 Å². The van der Waals surface area contributed by atoms with Gasteiger partial charge in [-0.05, 0) is 44.9 Å². The van der Waals surface area contributed by atoms with E-state index in [-0.39, 0.29) is 17.9 Å². The monoisotopic (exact) mass is 308 g/mol. The van der Waals surface area contributed by atoms with Crippen molar-refractivity contribution in [2.24, 2.45) is 5.41 Å². The van der Waals surface area contributed by atoms with Crippen molar-refractivity contribution in [2.45, 2.75) is 45.6 Å². The number of nitrogens with one attached hydrogen (secondary N) is 2. The molecule has 0 bridgehead atoms. The van der Waals surface area contributed by atoms with Gasteiger partial charge < -0.3 is 10.6 Å². The van der Waals surface area contributed by atoms with E-state index in [0.29, 0.717) is 10.7 Å². The highest BCUT2D eigenvalue weighted by Crippen LogP contribution is 2.23. The molecule has 4 nitrogen and oxygen atoms in total. The molecule has 1 aliphatic rings. The van der Waals surface area contributed by atoms with Crippen molar-refractivity contribution in [3.8, 4) is 0 Å². The molecule has 1 aromatic rings. The molecule has 114 valence electrons. The molecule has 0 saturated heterocycles. The van der Waals surface area contributed by atoms with Gasteiger partial charge >= 0.3 is 0 Å². The summed E-state index contributed by atoms with van der Waals surface area (Å²) >= 11 is 5.89. The number of anilines is 1. The van der Waals surface area contributed by atoms with E-state index in [4.69, 9.17) is 11.6 Å². The fourth-order valence-electron chi connectivity index (χ4n) is 2.39. The van der Waals surface area contributed by atoms with Crippen LogP contribution in [-0.4, -0.2) is 17.9 Å². The number of halogens is 1. The summed E-state index contributed by atoms with van der Waals surface area (Å²) in [7, 11) is 0. The Bertz CT molecular complexity index is 537. The SMILES string of the molecule is CC(C)(C(=O)Nc1cccc(Cl)c1)C(=O)NC1CCCC1. The number of hydrogen-bond acceptors (Lipinski definition) is 2. The predicted octanol–water partition coefficient (Wildman–Crippen LogP) is 3.36. The summed E-state index contributed by atoms with van der Waals surface area (Å²) in [5, 5.41) is 6.26. The Morgan fingerprint density at radius 2 is 1.86 bits per heavy atom. The lowest BCUT2D eigenvalue weighted by molar-refractivity contribution is -0.138. The van der Waals surface area contributed by atoms with Gasteiger partial charge in [-0.2, -0.15) is 0 Å². The van der Waals surface area contributed by atoms with Crippen molar-refractivity contribution in [1.82, 2.24) is 5.32 Å². The molecule has 0 heterocycles. The maximum Gasteiger partial charge on any atom is 0.239 e. The van der Waals surface area contributed by atoms with Crippen LogP contribution in [0.25, 0.3) is 0 Å². The van der Waals surface area contributed by atoms with E-state index < -0.39 is 5.41 Å². The largest absolute Gasteiger partial charge is 0.352 e. The van der Waals surface area contributed by atoms with Gasteiger partial charge in [0, 0.05) is 16.8 Å². The maximum atomic E-state index is 12.3. The normalized spacial score (nSPS) is 15.8. The van der Waals surface area contributed by atoms with Gasteiger partial charge in [0.1, 0.15) is 5.41 Å². The molecule has 0 atom stereocenters. The first-order chi connectivity index (χ1) is 9.89. The minimum absolute atomic E-state index is 0.204. The first-order valence-corrected chi connectivity index (χ1v) is 7.65. The number of carbonyl (C=O) groups excluding carboxylic acids is 2. The summed E-state index contributed by atoms with van der Waals surface area (Å²) in [6.07, 6.45) is 4.27. The lowest BCUT2D eigenvalue weighted by Crippen LogP contribution is -2.47. The molecular formula is C16H21ClN2O2. The van der Waals surface area contributed by atoms with E-state index in [1.54, 1.807) is 38.1 Å². The molecule has 0 spiro atoms. The third-order valence-corrected chi connectivity index (χ3v) is 4.14. The van der Waals surface area contributed by atoms with Crippen LogP contribution in [0.1, 0.15) is 39.5 Å². The molecule has 5 heteroatoms. The second-order valence-electron chi connectivity index (χ2n) is 6.04. The molecule has 0 aromatic heterocycles. The van der Waals surface area contributed by atoms with E-state index >= 15 is 0 Å². The van der Waals surface area contributed by atoms with Crippen molar-refractivity contribution >= 4 is 29.1 Å². The van der Waals surface area contributed by atoms with E-state index in [9.17, 15) is 9.59 Å². The third kappa shape index (κ3) is 3.97. The highest BCUT2D eigenvalue weighted by Gasteiger charge is 2.37. The molecule has 0 aliphatic heterocycles. The average molecular weight is 309 g/mol. The van der Waals surface area contributed by atoms with Crippen LogP contribution in [-0.2, 0) is 9.59 Å². The van der Waals surface area contributed by atoms with Gasteiger partial charge in [-0.15, -0.1) is 0 Å². The minimum atomic E-state index is -1.12. The second kappa shape index (κ2) is 6.48. The minimum Gasteiger partial charge on any atom is -0.352 e. The highest BCUT2D eigenvalue weighted by molar-refractivity contribution is 6.31. The Morgan fingerprint density at radius 3 is 2.48 bits per heavy atom. The molecule has 2 amide bonds. The van der Waals surface area contributed by atoms with E-state index in [1.807, 2.05) is 0 Å². The Hall–Kier alpha value is -1.55. The summed E-state index contributed by atoms with van der Waals surface area (Å²) < 4.78 is 0. The van der Waals surface area contributed by atoms with Crippen LogP contribution in [0.15, 0.2) is 24.3 Å². The van der Waals surface area contributed by atoms with Gasteiger partial charge in [0.05, 0.1) is 0 Å². The number of hydrogen-bond donors (Lipinski definition) is 2. The van der Waals surface area contributed by atoms with Crippen molar-refractivity contribution < 1.29 is 9.59 Å². The fraction of sp³-hybridized carbons (Fsp3) is 0.500. The zero-order valence-electron chi connectivity index (χ0n) is 12.4. The van der Waals surface area contributed by atoms with E-state index in [1.165, 1.54) is 0 Å². The van der Waals surface area contributed by atoms with Gasteiger partial charge in [-0.1, -0.05) is 30.5 Å². The van der Waals surface area contributed by atoms with Crippen LogP contribution >= 0.6 is 11.6 Å². The molecule has 2 N–H and O–H groups in total. The molecule has 1 aromatic carbocycles. The van der Waals surface area contributed by atoms with Crippen LogP contribution in [0, 0.1) is 5.41 Å². The van der Waals surface area contributed by atoms with Crippen molar-refractivity contribution in [2.75, 3.05) is 5.32 Å². The highest BCUT2D eigenvalue weighted by atomic mass is 35.5. The summed E-state index contributed by atoms with van der Waals surface area (Å²) in [6.45, 7) is 3.27. The number of benzene rings is 1. The summed E-state index contributed by atoms with van der Waals surface area (Å²) in [6, 6.07) is 7.09. The molecular weight excluding hydrogens is 288 g/mol. The number of amides is 2. The molecule has 1 aliphatic carbocycles. The van der Waals surface area contributed by atoms with Crippen LogP contribution in [0.5, 0.6) is 0 Å². The Balaban J connectivity index is 2.00. The molecule has 0 unspecified atom stereocenters. The van der Waals surface area contributed by atoms with Crippen LogP contribution in [0.2, 0.25) is 5.02 Å². The quantitative estimate of drug-likeness (QED) is 0.838. The van der Waals surface area contributed by atoms with Crippen molar-refractivity contribution in [1.29, 1.82) is 0 Å². The van der Waals surface area contributed by atoms with Crippen molar-refractivity contribution in [3.63, 3.8) is 0 Å². The number of rotatable bonds is 4. The summed E-state index contributed by atoms with van der Waals surface area (Å²) in [4.78, 5) is 24.7. The van der Waals surface area contributed by atoms with Crippen LogP contribution in [0.4, 0.5) is 5.69 Å². The predicted molar refractivity (Wildman–Crippen MR) is 84.3 cm³/mol. The smallest absolute Gasteiger partial charge is 0.239 e. The third-order valence-electron chi connectivity index (χ3n) is 3.91. The van der Waals surface area contributed by atoms with Gasteiger partial charge in [-0.3, -0.25) is 9.59 Å². The first kappa shape index (κ1) is 15.8. The summed E-state index contributed by atoms with van der Waals surface area (Å²) in [5.41, 5.74) is -0.528. The Labute approximate surface area is 130 Å². The molecule has 2 rings (SSSR count). The topological polar surface area (TPSA) is 58.2 Å². The lowest BCUT2D eigenvalue weighted by Gasteiger charge is -2.25. The average Bonchev–Trinajstić information content (AvgIpc) is 2.91. The molecule has 1 fully saturated rings. The van der Waals surface area contributed by atoms with Crippen LogP contribution in [0.3, 0.4) is 0 Å². The second-order valence-corrected chi connectivity index (χ2v) is 6.48.